The van der Waals surface area contributed by atoms with Crippen LogP contribution in [-0.4, -0.2) is 4.98 Å². The van der Waals surface area contributed by atoms with Gasteiger partial charge in [0.2, 0.25) is 0 Å². The number of nitrogens with zero attached hydrogens (tertiary/aromatic N) is 1. The minimum absolute atomic E-state index is 0.230. The van der Waals surface area contributed by atoms with Crippen LogP contribution in [0.2, 0.25) is 0 Å². The second kappa shape index (κ2) is 6.69. The first-order chi connectivity index (χ1) is 9.21. The standard InChI is InChI=1S/C10H14.C9H13N/c1-10(2,3)9-7-5-4-6-8-9;1-9(2,3)8-5-4-6-10-7-8/h4-8H,1-3H3;4-7H,1-3H3. The lowest BCUT2D eigenvalue weighted by Crippen LogP contribution is -2.10. The van der Waals surface area contributed by atoms with Gasteiger partial charge in [-0.25, -0.2) is 0 Å². The Hall–Kier alpha value is -1.63. The molecule has 0 atom stereocenters. The summed E-state index contributed by atoms with van der Waals surface area (Å²) in [5, 5.41) is 0. The van der Waals surface area contributed by atoms with Crippen molar-refractivity contribution in [3.63, 3.8) is 0 Å². The Morgan fingerprint density at radius 2 is 1.15 bits per heavy atom. The van der Waals surface area contributed by atoms with Crippen molar-refractivity contribution in [1.29, 1.82) is 0 Å². The van der Waals surface area contributed by atoms with E-state index < -0.39 is 0 Å². The molecule has 0 radical (unpaired) electrons. The first kappa shape index (κ1) is 16.4. The van der Waals surface area contributed by atoms with Crippen molar-refractivity contribution >= 4 is 0 Å². The predicted octanol–water partition coefficient (Wildman–Crippen LogP) is 5.36. The zero-order valence-electron chi connectivity index (χ0n) is 13.6. The normalized spacial score (nSPS) is 11.5. The van der Waals surface area contributed by atoms with E-state index in [1.807, 2.05) is 12.3 Å². The molecule has 0 saturated heterocycles. The zero-order valence-corrected chi connectivity index (χ0v) is 13.6. The van der Waals surface area contributed by atoms with Gasteiger partial charge in [-0.15, -0.1) is 0 Å². The lowest BCUT2D eigenvalue weighted by atomic mass is 9.87. The minimum Gasteiger partial charge on any atom is -0.264 e. The third kappa shape index (κ3) is 5.56. The Balaban J connectivity index is 0.000000200. The molecule has 0 unspecified atom stereocenters. The van der Waals surface area contributed by atoms with Gasteiger partial charge in [0.1, 0.15) is 0 Å². The van der Waals surface area contributed by atoms with Crippen LogP contribution >= 0.6 is 0 Å². The highest BCUT2D eigenvalue weighted by Crippen LogP contribution is 2.21. The molecule has 0 fully saturated rings. The van der Waals surface area contributed by atoms with Crippen molar-refractivity contribution in [3.05, 3.63) is 66.0 Å². The highest BCUT2D eigenvalue weighted by molar-refractivity contribution is 5.22. The summed E-state index contributed by atoms with van der Waals surface area (Å²) in [4.78, 5) is 4.05. The van der Waals surface area contributed by atoms with Gasteiger partial charge in [-0.2, -0.15) is 0 Å². The van der Waals surface area contributed by atoms with Gasteiger partial charge in [-0.1, -0.05) is 77.9 Å². The molecule has 1 aromatic carbocycles. The molecule has 1 nitrogen and oxygen atoms in total. The van der Waals surface area contributed by atoms with Crippen molar-refractivity contribution in [2.75, 3.05) is 0 Å². The van der Waals surface area contributed by atoms with Gasteiger partial charge < -0.3 is 0 Å². The van der Waals surface area contributed by atoms with Gasteiger partial charge in [0.15, 0.2) is 0 Å². The second-order valence-corrected chi connectivity index (χ2v) is 7.11. The van der Waals surface area contributed by atoms with Crippen LogP contribution in [0.5, 0.6) is 0 Å². The zero-order chi connectivity index (χ0) is 15.2. The molecule has 0 aliphatic carbocycles. The number of hydrogen-bond donors (Lipinski definition) is 0. The van der Waals surface area contributed by atoms with Gasteiger partial charge in [0.25, 0.3) is 0 Å². The van der Waals surface area contributed by atoms with Crippen LogP contribution in [0.15, 0.2) is 54.9 Å². The van der Waals surface area contributed by atoms with Crippen LogP contribution < -0.4 is 0 Å². The van der Waals surface area contributed by atoms with Crippen LogP contribution in [-0.2, 0) is 10.8 Å². The monoisotopic (exact) mass is 269 g/mol. The van der Waals surface area contributed by atoms with Gasteiger partial charge in [0.05, 0.1) is 0 Å². The van der Waals surface area contributed by atoms with Crippen molar-refractivity contribution in [3.8, 4) is 0 Å². The lowest BCUT2D eigenvalue weighted by Gasteiger charge is -2.18. The quantitative estimate of drug-likeness (QED) is 0.627. The van der Waals surface area contributed by atoms with E-state index >= 15 is 0 Å². The molecule has 0 bridgehead atoms. The molecule has 0 amide bonds. The maximum absolute atomic E-state index is 4.05. The average molecular weight is 269 g/mol. The van der Waals surface area contributed by atoms with Crippen molar-refractivity contribution < 1.29 is 0 Å². The van der Waals surface area contributed by atoms with Crippen LogP contribution in [0.25, 0.3) is 0 Å². The number of aromatic nitrogens is 1. The van der Waals surface area contributed by atoms with E-state index in [0.717, 1.165) is 0 Å². The summed E-state index contributed by atoms with van der Waals surface area (Å²) in [6.07, 6.45) is 3.72. The molecule has 0 aliphatic rings. The summed E-state index contributed by atoms with van der Waals surface area (Å²) in [6.45, 7) is 13.2. The molecule has 1 heterocycles. The van der Waals surface area contributed by atoms with Crippen molar-refractivity contribution in [2.24, 2.45) is 0 Å². The molecule has 0 saturated carbocycles. The Labute approximate surface area is 124 Å². The van der Waals surface area contributed by atoms with Crippen LogP contribution in [0.4, 0.5) is 0 Å². The highest BCUT2D eigenvalue weighted by atomic mass is 14.6. The molecule has 0 N–H and O–H groups in total. The molecule has 2 rings (SSSR count). The fraction of sp³-hybridized carbons (Fsp3) is 0.421. The highest BCUT2D eigenvalue weighted by Gasteiger charge is 2.12. The fourth-order valence-corrected chi connectivity index (χ4v) is 1.74. The van der Waals surface area contributed by atoms with Crippen LogP contribution in [0, 0.1) is 0 Å². The van der Waals surface area contributed by atoms with Gasteiger partial charge in [0, 0.05) is 12.4 Å². The SMILES string of the molecule is CC(C)(C)c1ccccc1.CC(C)(C)c1cccnc1. The molecule has 108 valence electrons. The predicted molar refractivity (Wildman–Crippen MR) is 88.1 cm³/mol. The van der Waals surface area contributed by atoms with Gasteiger partial charge in [-0.3, -0.25) is 4.98 Å². The summed E-state index contributed by atoms with van der Waals surface area (Å²) in [6, 6.07) is 14.6. The first-order valence-electron chi connectivity index (χ1n) is 7.17. The second-order valence-electron chi connectivity index (χ2n) is 7.11. The van der Waals surface area contributed by atoms with E-state index in [4.69, 9.17) is 0 Å². The largest absolute Gasteiger partial charge is 0.264 e. The van der Waals surface area contributed by atoms with Crippen LogP contribution in [0.3, 0.4) is 0 Å². The van der Waals surface area contributed by atoms with Crippen molar-refractivity contribution in [1.82, 2.24) is 4.98 Å². The third-order valence-corrected chi connectivity index (χ3v) is 3.17. The third-order valence-electron chi connectivity index (χ3n) is 3.17. The van der Waals surface area contributed by atoms with E-state index in [1.165, 1.54) is 11.1 Å². The van der Waals surface area contributed by atoms with E-state index in [-0.39, 0.29) is 5.41 Å². The summed E-state index contributed by atoms with van der Waals surface area (Å²) in [5.74, 6) is 0. The number of pyridine rings is 1. The summed E-state index contributed by atoms with van der Waals surface area (Å²) >= 11 is 0. The number of hydrogen-bond acceptors (Lipinski definition) is 1. The van der Waals surface area contributed by atoms with E-state index in [9.17, 15) is 0 Å². The average Bonchev–Trinajstić information content (AvgIpc) is 2.40. The molecular weight excluding hydrogens is 242 g/mol. The van der Waals surface area contributed by atoms with Gasteiger partial charge in [-0.05, 0) is 28.0 Å². The fourth-order valence-electron chi connectivity index (χ4n) is 1.74. The molecule has 0 spiro atoms. The smallest absolute Gasteiger partial charge is 0.0305 e. The number of rotatable bonds is 0. The first-order valence-corrected chi connectivity index (χ1v) is 7.17. The molecule has 2 aromatic rings. The minimum atomic E-state index is 0.230. The summed E-state index contributed by atoms with van der Waals surface area (Å²) < 4.78 is 0. The number of benzene rings is 1. The van der Waals surface area contributed by atoms with E-state index in [2.05, 4.69) is 82.9 Å². The Morgan fingerprint density at radius 3 is 1.45 bits per heavy atom. The van der Waals surface area contributed by atoms with E-state index in [0.29, 0.717) is 5.41 Å². The Morgan fingerprint density at radius 1 is 0.650 bits per heavy atom. The summed E-state index contributed by atoms with van der Waals surface area (Å²) in [5.41, 5.74) is 3.21. The van der Waals surface area contributed by atoms with Crippen molar-refractivity contribution in [2.45, 2.75) is 52.4 Å². The maximum Gasteiger partial charge on any atom is 0.0305 e. The lowest BCUT2D eigenvalue weighted by molar-refractivity contribution is 0.587. The Kier molecular flexibility index (Phi) is 5.50. The molecule has 1 heteroatoms. The summed E-state index contributed by atoms with van der Waals surface area (Å²) in [7, 11) is 0. The molecule has 1 aromatic heterocycles. The van der Waals surface area contributed by atoms with E-state index in [1.54, 1.807) is 6.20 Å². The maximum atomic E-state index is 4.05. The van der Waals surface area contributed by atoms with Crippen LogP contribution in [0.1, 0.15) is 52.7 Å². The molecular formula is C19H27N. The van der Waals surface area contributed by atoms with Gasteiger partial charge >= 0.3 is 0 Å². The Bertz CT molecular complexity index is 437. The topological polar surface area (TPSA) is 12.9 Å². The molecule has 20 heavy (non-hydrogen) atoms. The molecule has 0 aliphatic heterocycles.